The van der Waals surface area contributed by atoms with Gasteiger partial charge >= 0.3 is 0 Å². The molecular weight excluding hydrogens is 340 g/mol. The van der Waals surface area contributed by atoms with Gasteiger partial charge in [-0.15, -0.1) is 11.8 Å². The molecule has 6 heteroatoms. The van der Waals surface area contributed by atoms with E-state index in [2.05, 4.69) is 13.8 Å². The van der Waals surface area contributed by atoms with Gasteiger partial charge in [0, 0.05) is 24.0 Å². The van der Waals surface area contributed by atoms with Crippen molar-refractivity contribution in [3.05, 3.63) is 40.3 Å². The van der Waals surface area contributed by atoms with E-state index >= 15 is 0 Å². The van der Waals surface area contributed by atoms with Gasteiger partial charge in [-0.25, -0.2) is 4.98 Å². The molecule has 4 nitrogen and oxygen atoms in total. The predicted molar refractivity (Wildman–Crippen MR) is 101 cm³/mol. The molecule has 0 saturated heterocycles. The van der Waals surface area contributed by atoms with Gasteiger partial charge < -0.3 is 4.74 Å². The van der Waals surface area contributed by atoms with Gasteiger partial charge in [-0.1, -0.05) is 31.7 Å². The Morgan fingerprint density at radius 1 is 1.42 bits per heavy atom. The normalized spacial score (nSPS) is 13.3. The first-order valence-electron chi connectivity index (χ1n) is 8.16. The minimum Gasteiger partial charge on any atom is -0.497 e. The second kappa shape index (κ2) is 7.66. The van der Waals surface area contributed by atoms with E-state index in [1.54, 1.807) is 35.2 Å². The highest BCUT2D eigenvalue weighted by Gasteiger charge is 2.22. The van der Waals surface area contributed by atoms with Crippen molar-refractivity contribution in [1.82, 2.24) is 9.55 Å². The third-order valence-electron chi connectivity index (χ3n) is 3.90. The molecule has 0 aliphatic carbocycles. The van der Waals surface area contributed by atoms with E-state index in [1.165, 1.54) is 0 Å². The van der Waals surface area contributed by atoms with E-state index in [0.29, 0.717) is 5.92 Å². The molecule has 0 saturated carbocycles. The molecule has 3 rings (SSSR count). The summed E-state index contributed by atoms with van der Waals surface area (Å²) in [6.07, 6.45) is 1.98. The average molecular weight is 363 g/mol. The third-order valence-corrected chi connectivity index (χ3v) is 5.98. The first kappa shape index (κ1) is 17.4. The van der Waals surface area contributed by atoms with Crippen LogP contribution in [0.1, 0.15) is 26.0 Å². The van der Waals surface area contributed by atoms with Crippen molar-refractivity contribution in [2.24, 2.45) is 5.92 Å². The maximum atomic E-state index is 13.0. The largest absolute Gasteiger partial charge is 0.497 e. The van der Waals surface area contributed by atoms with Crippen molar-refractivity contribution in [2.75, 3.05) is 18.6 Å². The molecule has 1 aromatic carbocycles. The van der Waals surface area contributed by atoms with Crippen LogP contribution < -0.4 is 10.3 Å². The van der Waals surface area contributed by atoms with E-state index in [4.69, 9.17) is 9.72 Å². The van der Waals surface area contributed by atoms with Gasteiger partial charge in [0.2, 0.25) is 0 Å². The molecule has 0 amide bonds. The second-order valence-electron chi connectivity index (χ2n) is 6.14. The van der Waals surface area contributed by atoms with Crippen LogP contribution >= 0.6 is 23.5 Å². The van der Waals surface area contributed by atoms with Crippen LogP contribution in [0.2, 0.25) is 0 Å². The van der Waals surface area contributed by atoms with Crippen LogP contribution in [0.25, 0.3) is 5.69 Å². The Hall–Kier alpha value is -1.40. The first-order valence-corrected chi connectivity index (χ1v) is 10.1. The van der Waals surface area contributed by atoms with Crippen LogP contribution in [0.3, 0.4) is 0 Å². The zero-order valence-corrected chi connectivity index (χ0v) is 15.9. The van der Waals surface area contributed by atoms with E-state index in [1.807, 2.05) is 24.3 Å². The summed E-state index contributed by atoms with van der Waals surface area (Å²) in [6, 6.07) is 7.62. The van der Waals surface area contributed by atoms with Gasteiger partial charge in [-0.05, 0) is 24.5 Å². The van der Waals surface area contributed by atoms with Crippen LogP contribution in [-0.4, -0.2) is 28.2 Å². The SMILES string of the molecule is COc1cccc(-n2c(SCCC(C)C)nc3c(c2=O)SCC3)c1. The molecule has 0 fully saturated rings. The number of aryl methyl sites for hydroxylation is 1. The molecule has 0 unspecified atom stereocenters. The van der Waals surface area contributed by atoms with Crippen molar-refractivity contribution < 1.29 is 4.74 Å². The van der Waals surface area contributed by atoms with Crippen LogP contribution in [0.4, 0.5) is 0 Å². The highest BCUT2D eigenvalue weighted by atomic mass is 32.2. The summed E-state index contributed by atoms with van der Waals surface area (Å²) >= 11 is 3.28. The summed E-state index contributed by atoms with van der Waals surface area (Å²) in [5.74, 6) is 3.28. The lowest BCUT2D eigenvalue weighted by Gasteiger charge is -2.14. The number of hydrogen-bond donors (Lipinski definition) is 0. The van der Waals surface area contributed by atoms with E-state index in [0.717, 1.165) is 51.5 Å². The molecule has 24 heavy (non-hydrogen) atoms. The molecule has 0 radical (unpaired) electrons. The zero-order valence-electron chi connectivity index (χ0n) is 14.2. The van der Waals surface area contributed by atoms with E-state index in [-0.39, 0.29) is 5.56 Å². The number of methoxy groups -OCH3 is 1. The van der Waals surface area contributed by atoms with E-state index in [9.17, 15) is 4.79 Å². The Bertz CT molecular complexity index is 787. The molecule has 2 heterocycles. The highest BCUT2D eigenvalue weighted by Crippen LogP contribution is 2.30. The molecule has 0 spiro atoms. The van der Waals surface area contributed by atoms with Gasteiger partial charge in [0.15, 0.2) is 5.16 Å². The lowest BCUT2D eigenvalue weighted by atomic mass is 10.2. The van der Waals surface area contributed by atoms with Crippen molar-refractivity contribution >= 4 is 23.5 Å². The molecule has 0 atom stereocenters. The maximum absolute atomic E-state index is 13.0. The fourth-order valence-corrected chi connectivity index (χ4v) is 4.84. The number of rotatable bonds is 6. The summed E-state index contributed by atoms with van der Waals surface area (Å²) in [7, 11) is 1.64. The number of ether oxygens (including phenoxy) is 1. The minimum atomic E-state index is 0.0443. The van der Waals surface area contributed by atoms with Gasteiger partial charge in [0.05, 0.1) is 23.4 Å². The monoisotopic (exact) mass is 362 g/mol. The maximum Gasteiger partial charge on any atom is 0.272 e. The molecule has 1 aliphatic rings. The Balaban J connectivity index is 2.06. The summed E-state index contributed by atoms with van der Waals surface area (Å²) in [6.45, 7) is 4.42. The van der Waals surface area contributed by atoms with Gasteiger partial charge in [0.1, 0.15) is 5.75 Å². The second-order valence-corrected chi connectivity index (χ2v) is 8.31. The smallest absolute Gasteiger partial charge is 0.272 e. The number of nitrogens with zero attached hydrogens (tertiary/aromatic N) is 2. The standard InChI is InChI=1S/C18H22N2O2S2/c1-12(2)7-9-24-18-19-15-8-10-23-16(15)17(21)20(18)13-5-4-6-14(11-13)22-3/h4-6,11-12H,7-10H2,1-3H3. The topological polar surface area (TPSA) is 44.1 Å². The molecule has 1 aliphatic heterocycles. The van der Waals surface area contributed by atoms with Crippen LogP contribution in [0.15, 0.2) is 39.1 Å². The Morgan fingerprint density at radius 3 is 3.00 bits per heavy atom. The van der Waals surface area contributed by atoms with Gasteiger partial charge in [-0.3, -0.25) is 9.36 Å². The Labute approximate surface area is 151 Å². The van der Waals surface area contributed by atoms with Gasteiger partial charge in [0.25, 0.3) is 5.56 Å². The molecule has 1 aromatic heterocycles. The predicted octanol–water partition coefficient (Wildman–Crippen LogP) is 4.03. The molecular formula is C18H22N2O2S2. The molecule has 0 N–H and O–H groups in total. The lowest BCUT2D eigenvalue weighted by molar-refractivity contribution is 0.414. The number of aromatic nitrogens is 2. The quantitative estimate of drug-likeness (QED) is 0.573. The summed E-state index contributed by atoms with van der Waals surface area (Å²) in [5.41, 5.74) is 1.81. The number of thioether (sulfide) groups is 2. The summed E-state index contributed by atoms with van der Waals surface area (Å²) in [4.78, 5) is 18.6. The van der Waals surface area contributed by atoms with Gasteiger partial charge in [-0.2, -0.15) is 0 Å². The fraction of sp³-hybridized carbons (Fsp3) is 0.444. The first-order chi connectivity index (χ1) is 11.6. The summed E-state index contributed by atoms with van der Waals surface area (Å²) < 4.78 is 7.05. The fourth-order valence-electron chi connectivity index (χ4n) is 2.55. The zero-order chi connectivity index (χ0) is 17.1. The minimum absolute atomic E-state index is 0.0443. The van der Waals surface area contributed by atoms with Crippen molar-refractivity contribution in [3.63, 3.8) is 0 Å². The van der Waals surface area contributed by atoms with Crippen LogP contribution in [0, 0.1) is 5.92 Å². The van der Waals surface area contributed by atoms with Crippen molar-refractivity contribution in [3.8, 4) is 11.4 Å². The van der Waals surface area contributed by atoms with Crippen molar-refractivity contribution in [2.45, 2.75) is 36.7 Å². The molecule has 2 aromatic rings. The van der Waals surface area contributed by atoms with E-state index < -0.39 is 0 Å². The third kappa shape index (κ3) is 3.64. The Morgan fingerprint density at radius 2 is 2.25 bits per heavy atom. The van der Waals surface area contributed by atoms with Crippen LogP contribution in [-0.2, 0) is 6.42 Å². The Kier molecular flexibility index (Phi) is 5.56. The van der Waals surface area contributed by atoms with Crippen molar-refractivity contribution in [1.29, 1.82) is 0 Å². The highest BCUT2D eigenvalue weighted by molar-refractivity contribution is 7.99. The molecule has 0 bridgehead atoms. The number of benzene rings is 1. The number of hydrogen-bond acceptors (Lipinski definition) is 5. The van der Waals surface area contributed by atoms with Crippen LogP contribution in [0.5, 0.6) is 5.75 Å². The number of fused-ring (bicyclic) bond motifs is 1. The summed E-state index contributed by atoms with van der Waals surface area (Å²) in [5, 5.41) is 0.787. The molecule has 128 valence electrons. The average Bonchev–Trinajstić information content (AvgIpc) is 3.03. The lowest BCUT2D eigenvalue weighted by Crippen LogP contribution is -2.24.